The smallest absolute Gasteiger partial charge is 0.262 e. The molecule has 1 aliphatic carbocycles. The number of fused-ring (bicyclic) bond motifs is 2. The molecule has 0 unspecified atom stereocenters. The van der Waals surface area contributed by atoms with E-state index in [1.54, 1.807) is 14.9 Å². The molecule has 1 saturated heterocycles. The maximum atomic E-state index is 13.4. The van der Waals surface area contributed by atoms with Crippen LogP contribution in [0.1, 0.15) is 36.8 Å². The Morgan fingerprint density at radius 1 is 0.971 bits per heavy atom. The molecule has 6 rings (SSSR count). The Morgan fingerprint density at radius 3 is 2.47 bits per heavy atom. The Hall–Kier alpha value is -1.65. The molecule has 10 heteroatoms. The fourth-order valence-corrected chi connectivity index (χ4v) is 8.67. The number of benzene rings is 1. The minimum Gasteiger partial charge on any atom is -0.369 e. The van der Waals surface area contributed by atoms with Gasteiger partial charge in [-0.1, -0.05) is 30.5 Å². The van der Waals surface area contributed by atoms with E-state index in [4.69, 9.17) is 11.6 Å². The number of hydrogen-bond donors (Lipinski definition) is 0. The van der Waals surface area contributed by atoms with Crippen LogP contribution in [0.4, 0.5) is 5.69 Å². The van der Waals surface area contributed by atoms with Gasteiger partial charge in [-0.05, 0) is 48.9 Å². The van der Waals surface area contributed by atoms with Crippen LogP contribution in [0.5, 0.6) is 0 Å². The standard InChI is InChI=1S/C24H30ClN5O2S2/c25-22-23(30-15-16-33-24(30)26-22)34(31,32)29-13-11-28(12-14-29)21-6-5-18-7-9-27(10-8-19(18)17-21)20-3-1-2-4-20/h5-6,15-17,20H,1-4,7-14H2. The monoisotopic (exact) mass is 519 g/mol. The quantitative estimate of drug-likeness (QED) is 0.523. The largest absolute Gasteiger partial charge is 0.369 e. The van der Waals surface area contributed by atoms with Crippen LogP contribution in [0.2, 0.25) is 5.15 Å². The summed E-state index contributed by atoms with van der Waals surface area (Å²) in [6, 6.07) is 7.64. The second-order valence-electron chi connectivity index (χ2n) is 9.58. The predicted molar refractivity (Wildman–Crippen MR) is 137 cm³/mol. The predicted octanol–water partition coefficient (Wildman–Crippen LogP) is 3.90. The van der Waals surface area contributed by atoms with E-state index in [0.717, 1.165) is 25.4 Å². The van der Waals surface area contributed by atoms with E-state index in [9.17, 15) is 8.42 Å². The zero-order valence-corrected chi connectivity index (χ0v) is 21.6. The van der Waals surface area contributed by atoms with Crippen LogP contribution in [-0.4, -0.2) is 72.3 Å². The van der Waals surface area contributed by atoms with Crippen LogP contribution in [0, 0.1) is 0 Å². The van der Waals surface area contributed by atoms with Crippen molar-refractivity contribution in [2.24, 2.45) is 0 Å². The lowest BCUT2D eigenvalue weighted by molar-refractivity contribution is 0.208. The number of imidazole rings is 1. The number of hydrogen-bond acceptors (Lipinski definition) is 6. The minimum absolute atomic E-state index is 0.0479. The van der Waals surface area contributed by atoms with Gasteiger partial charge in [-0.3, -0.25) is 9.30 Å². The van der Waals surface area contributed by atoms with Gasteiger partial charge >= 0.3 is 0 Å². The number of rotatable bonds is 4. The highest BCUT2D eigenvalue weighted by Crippen LogP contribution is 2.31. The number of sulfonamides is 1. The highest BCUT2D eigenvalue weighted by atomic mass is 35.5. The number of anilines is 1. The molecule has 0 radical (unpaired) electrons. The first-order valence-corrected chi connectivity index (χ1v) is 14.9. The van der Waals surface area contributed by atoms with Gasteiger partial charge < -0.3 is 4.90 Å². The molecule has 2 aromatic heterocycles. The van der Waals surface area contributed by atoms with Gasteiger partial charge in [-0.2, -0.15) is 4.31 Å². The molecule has 2 fully saturated rings. The molecular formula is C24H30ClN5O2S2. The van der Waals surface area contributed by atoms with E-state index in [-0.39, 0.29) is 10.2 Å². The molecule has 1 saturated carbocycles. The van der Waals surface area contributed by atoms with Gasteiger partial charge in [0.05, 0.1) is 0 Å². The Kier molecular flexibility index (Phi) is 6.10. The number of halogens is 1. The summed E-state index contributed by atoms with van der Waals surface area (Å²) < 4.78 is 29.8. The summed E-state index contributed by atoms with van der Waals surface area (Å²) >= 11 is 7.60. The molecule has 0 atom stereocenters. The SMILES string of the molecule is O=S(=O)(c1c(Cl)nc2sccn12)N1CCN(c2ccc3c(c2)CCN(C2CCCC2)CC3)CC1. The van der Waals surface area contributed by atoms with Gasteiger partial charge in [0.2, 0.25) is 0 Å². The first-order chi connectivity index (χ1) is 16.5. The molecule has 0 N–H and O–H groups in total. The summed E-state index contributed by atoms with van der Waals surface area (Å²) in [4.78, 5) is 9.82. The molecule has 0 amide bonds. The average Bonchev–Trinajstić information content (AvgIpc) is 3.55. The topological polar surface area (TPSA) is 61.2 Å². The summed E-state index contributed by atoms with van der Waals surface area (Å²) in [6.07, 6.45) is 9.42. The van der Waals surface area contributed by atoms with E-state index in [0.29, 0.717) is 31.1 Å². The lowest BCUT2D eigenvalue weighted by Crippen LogP contribution is -2.49. The zero-order chi connectivity index (χ0) is 23.3. The van der Waals surface area contributed by atoms with Crippen molar-refractivity contribution >= 4 is 43.6 Å². The van der Waals surface area contributed by atoms with Crippen LogP contribution in [0.15, 0.2) is 34.8 Å². The number of thiazole rings is 1. The van der Waals surface area contributed by atoms with E-state index in [1.807, 2.05) is 5.38 Å². The summed E-state index contributed by atoms with van der Waals surface area (Å²) in [7, 11) is -3.71. The molecule has 4 heterocycles. The van der Waals surface area contributed by atoms with Crippen LogP contribution in [0.25, 0.3) is 4.96 Å². The molecule has 182 valence electrons. The summed E-state index contributed by atoms with van der Waals surface area (Å²) in [5, 5.41) is 1.95. The Morgan fingerprint density at radius 2 is 1.71 bits per heavy atom. The van der Waals surface area contributed by atoms with Gasteiger partial charge in [0.25, 0.3) is 10.0 Å². The molecule has 3 aromatic rings. The second kappa shape index (κ2) is 9.09. The van der Waals surface area contributed by atoms with Crippen molar-refractivity contribution in [3.63, 3.8) is 0 Å². The van der Waals surface area contributed by atoms with E-state index in [1.165, 1.54) is 60.4 Å². The average molecular weight is 520 g/mol. The second-order valence-corrected chi connectivity index (χ2v) is 12.7. The van der Waals surface area contributed by atoms with Crippen molar-refractivity contribution < 1.29 is 8.42 Å². The molecule has 0 spiro atoms. The summed E-state index contributed by atoms with van der Waals surface area (Å²) in [5.41, 5.74) is 4.13. The van der Waals surface area contributed by atoms with Crippen molar-refractivity contribution in [1.82, 2.24) is 18.6 Å². The Labute approximate surface area is 210 Å². The first kappa shape index (κ1) is 22.8. The third kappa shape index (κ3) is 4.05. The highest BCUT2D eigenvalue weighted by molar-refractivity contribution is 7.89. The van der Waals surface area contributed by atoms with Gasteiger partial charge in [0.1, 0.15) is 0 Å². The lowest BCUT2D eigenvalue weighted by Gasteiger charge is -2.35. The minimum atomic E-state index is -3.71. The van der Waals surface area contributed by atoms with E-state index < -0.39 is 10.0 Å². The van der Waals surface area contributed by atoms with Gasteiger partial charge in [-0.25, -0.2) is 13.4 Å². The Balaban J connectivity index is 1.14. The van der Waals surface area contributed by atoms with Crippen molar-refractivity contribution in [2.45, 2.75) is 49.6 Å². The fourth-order valence-electron chi connectivity index (χ4n) is 5.84. The normalized spacial score (nSPS) is 21.3. The van der Waals surface area contributed by atoms with Crippen molar-refractivity contribution in [2.75, 3.05) is 44.2 Å². The maximum Gasteiger partial charge on any atom is 0.262 e. The van der Waals surface area contributed by atoms with Crippen molar-refractivity contribution in [1.29, 1.82) is 0 Å². The molecule has 0 bridgehead atoms. The lowest BCUT2D eigenvalue weighted by atomic mass is 10.0. The fraction of sp³-hybridized carbons (Fsp3) is 0.542. The van der Waals surface area contributed by atoms with E-state index >= 15 is 0 Å². The maximum absolute atomic E-state index is 13.4. The number of piperazine rings is 1. The van der Waals surface area contributed by atoms with Crippen LogP contribution >= 0.6 is 22.9 Å². The third-order valence-electron chi connectivity index (χ3n) is 7.73. The van der Waals surface area contributed by atoms with Gasteiger partial charge in [0.15, 0.2) is 15.1 Å². The zero-order valence-electron chi connectivity index (χ0n) is 19.2. The molecule has 3 aliphatic rings. The van der Waals surface area contributed by atoms with E-state index in [2.05, 4.69) is 33.0 Å². The molecule has 1 aromatic carbocycles. The van der Waals surface area contributed by atoms with Crippen LogP contribution in [0.3, 0.4) is 0 Å². The molecular weight excluding hydrogens is 490 g/mol. The van der Waals surface area contributed by atoms with Gasteiger partial charge in [0, 0.05) is 62.6 Å². The van der Waals surface area contributed by atoms with Crippen molar-refractivity contribution in [3.05, 3.63) is 46.1 Å². The van der Waals surface area contributed by atoms with Crippen LogP contribution < -0.4 is 4.90 Å². The summed E-state index contributed by atoms with van der Waals surface area (Å²) in [5.74, 6) is 0. The third-order valence-corrected chi connectivity index (χ3v) is 10.8. The van der Waals surface area contributed by atoms with Crippen molar-refractivity contribution in [3.8, 4) is 0 Å². The number of aromatic nitrogens is 2. The highest BCUT2D eigenvalue weighted by Gasteiger charge is 2.34. The number of nitrogens with zero attached hydrogens (tertiary/aromatic N) is 5. The van der Waals surface area contributed by atoms with Gasteiger partial charge in [-0.15, -0.1) is 11.3 Å². The molecule has 2 aliphatic heterocycles. The Bertz CT molecular complexity index is 1290. The molecule has 7 nitrogen and oxygen atoms in total. The van der Waals surface area contributed by atoms with Crippen LogP contribution in [-0.2, 0) is 22.9 Å². The summed E-state index contributed by atoms with van der Waals surface area (Å²) in [6.45, 7) is 4.51. The first-order valence-electron chi connectivity index (χ1n) is 12.2. The molecule has 34 heavy (non-hydrogen) atoms.